The van der Waals surface area contributed by atoms with Crippen LogP contribution in [0, 0.1) is 5.92 Å². The van der Waals surface area contributed by atoms with E-state index in [2.05, 4.69) is 16.0 Å². The molecule has 0 saturated carbocycles. The predicted octanol–water partition coefficient (Wildman–Crippen LogP) is 2.70. The first-order valence-electron chi connectivity index (χ1n) is 9.52. The van der Waals surface area contributed by atoms with Crippen LogP contribution in [0.5, 0.6) is 5.75 Å². The van der Waals surface area contributed by atoms with Gasteiger partial charge in [-0.15, -0.1) is 0 Å². The van der Waals surface area contributed by atoms with Crippen LogP contribution in [0.4, 0.5) is 16.2 Å². The Morgan fingerprint density at radius 3 is 2.73 bits per heavy atom. The molecule has 3 amide bonds. The number of carbonyl (C=O) groups excluding carboxylic acids is 2. The summed E-state index contributed by atoms with van der Waals surface area (Å²) in [5.74, 6) is -0.0501. The highest BCUT2D eigenvalue weighted by Crippen LogP contribution is 2.36. The largest absolute Gasteiger partial charge is 0.482 e. The zero-order chi connectivity index (χ0) is 21.7. The van der Waals surface area contributed by atoms with E-state index in [1.165, 1.54) is 6.07 Å². The fraction of sp³-hybridized carbons (Fsp3) is 0.333. The maximum atomic E-state index is 12.4. The molecule has 3 rings (SSSR count). The molecule has 1 aliphatic heterocycles. The number of rotatable bonds is 7. The molecule has 2 atom stereocenters. The number of ether oxygens (including phenoxy) is 1. The smallest absolute Gasteiger partial charge is 0.319 e. The number of anilines is 2. The summed E-state index contributed by atoms with van der Waals surface area (Å²) in [4.78, 5) is 25.8. The van der Waals surface area contributed by atoms with Crippen LogP contribution in [0.3, 0.4) is 0 Å². The van der Waals surface area contributed by atoms with Gasteiger partial charge in [-0.05, 0) is 25.7 Å². The van der Waals surface area contributed by atoms with Crippen LogP contribution in [0.1, 0.15) is 11.7 Å². The topological polar surface area (TPSA) is 103 Å². The van der Waals surface area contributed by atoms with E-state index in [4.69, 9.17) is 16.3 Å². The highest BCUT2D eigenvalue weighted by molar-refractivity contribution is 6.34. The van der Waals surface area contributed by atoms with E-state index in [0.717, 1.165) is 5.56 Å². The Bertz CT molecular complexity index is 907. The number of aliphatic hydroxyl groups excluding tert-OH is 1. The number of fused-ring (bicyclic) bond motifs is 1. The lowest BCUT2D eigenvalue weighted by molar-refractivity contribution is -0.118. The Kier molecular flexibility index (Phi) is 7.15. The molecule has 0 aromatic heterocycles. The SMILES string of the molecule is CN(C)C[C@H](CNC(=O)Nc1cc2c(cc1Cl)NC(=O)CO2)[C@@H](O)c1ccccc1. The van der Waals surface area contributed by atoms with Crippen LogP contribution in [0.2, 0.25) is 5.02 Å². The molecule has 2 aromatic carbocycles. The number of amides is 3. The van der Waals surface area contributed by atoms with Crippen molar-refractivity contribution in [2.75, 3.05) is 44.4 Å². The summed E-state index contributed by atoms with van der Waals surface area (Å²) in [5, 5.41) is 19.2. The molecule has 0 bridgehead atoms. The highest BCUT2D eigenvalue weighted by atomic mass is 35.5. The summed E-state index contributed by atoms with van der Waals surface area (Å²) in [6, 6.07) is 12.0. The first-order valence-corrected chi connectivity index (χ1v) is 9.90. The van der Waals surface area contributed by atoms with Gasteiger partial charge in [0, 0.05) is 25.1 Å². The van der Waals surface area contributed by atoms with Crippen molar-refractivity contribution in [1.29, 1.82) is 0 Å². The van der Waals surface area contributed by atoms with Crippen molar-refractivity contribution in [2.45, 2.75) is 6.10 Å². The zero-order valence-corrected chi connectivity index (χ0v) is 17.6. The van der Waals surface area contributed by atoms with Gasteiger partial charge in [-0.2, -0.15) is 0 Å². The molecule has 0 fully saturated rings. The van der Waals surface area contributed by atoms with Gasteiger partial charge in [-0.3, -0.25) is 4.79 Å². The maximum absolute atomic E-state index is 12.4. The molecule has 1 heterocycles. The number of hydrogen-bond donors (Lipinski definition) is 4. The first-order chi connectivity index (χ1) is 14.3. The van der Waals surface area contributed by atoms with Crippen molar-refractivity contribution < 1.29 is 19.4 Å². The molecule has 1 aliphatic rings. The molecule has 30 heavy (non-hydrogen) atoms. The van der Waals surface area contributed by atoms with Crippen molar-refractivity contribution in [1.82, 2.24) is 10.2 Å². The highest BCUT2D eigenvalue weighted by Gasteiger charge is 2.23. The summed E-state index contributed by atoms with van der Waals surface area (Å²) >= 11 is 6.22. The Balaban J connectivity index is 1.64. The summed E-state index contributed by atoms with van der Waals surface area (Å²) in [5.41, 5.74) is 1.61. The molecule has 0 aliphatic carbocycles. The summed E-state index contributed by atoms with van der Waals surface area (Å²) in [7, 11) is 3.83. The normalized spacial score (nSPS) is 14.9. The standard InChI is InChI=1S/C21H25ClN4O4/c1-26(2)11-14(20(28)13-6-4-3-5-7-13)10-23-21(29)25-16-9-18-17(8-15(16)22)24-19(27)12-30-18/h3-9,14,20,28H,10-12H2,1-2H3,(H,24,27)(H2,23,25,29)/t14-,20-/m0/s1. The molecular formula is C21H25ClN4O4. The second kappa shape index (κ2) is 9.80. The van der Waals surface area contributed by atoms with Crippen molar-refractivity contribution in [3.8, 4) is 5.75 Å². The van der Waals surface area contributed by atoms with Gasteiger partial charge in [0.25, 0.3) is 5.91 Å². The van der Waals surface area contributed by atoms with Crippen molar-refractivity contribution in [3.05, 3.63) is 53.1 Å². The van der Waals surface area contributed by atoms with E-state index >= 15 is 0 Å². The van der Waals surface area contributed by atoms with Crippen molar-refractivity contribution in [2.24, 2.45) is 5.92 Å². The minimum Gasteiger partial charge on any atom is -0.482 e. The number of hydrogen-bond acceptors (Lipinski definition) is 5. The van der Waals surface area contributed by atoms with Crippen LogP contribution in [-0.2, 0) is 4.79 Å². The van der Waals surface area contributed by atoms with E-state index in [1.807, 2.05) is 49.3 Å². The zero-order valence-electron chi connectivity index (χ0n) is 16.8. The fourth-order valence-corrected chi connectivity index (χ4v) is 3.46. The van der Waals surface area contributed by atoms with Gasteiger partial charge < -0.3 is 30.7 Å². The van der Waals surface area contributed by atoms with Crippen molar-refractivity contribution >= 4 is 34.9 Å². The van der Waals surface area contributed by atoms with E-state index in [0.29, 0.717) is 23.7 Å². The second-order valence-electron chi connectivity index (χ2n) is 7.38. The third kappa shape index (κ3) is 5.63. The molecule has 0 unspecified atom stereocenters. The number of carbonyl (C=O) groups is 2. The van der Waals surface area contributed by atoms with E-state index < -0.39 is 12.1 Å². The Morgan fingerprint density at radius 1 is 1.30 bits per heavy atom. The third-order valence-corrected chi connectivity index (χ3v) is 4.98. The molecule has 2 aromatic rings. The Hall–Kier alpha value is -2.81. The first kappa shape index (κ1) is 21.9. The lowest BCUT2D eigenvalue weighted by atomic mass is 9.95. The van der Waals surface area contributed by atoms with Gasteiger partial charge in [-0.1, -0.05) is 41.9 Å². The van der Waals surface area contributed by atoms with Crippen LogP contribution < -0.4 is 20.7 Å². The molecule has 0 spiro atoms. The maximum Gasteiger partial charge on any atom is 0.319 e. The average Bonchev–Trinajstić information content (AvgIpc) is 2.71. The monoisotopic (exact) mass is 432 g/mol. The molecule has 160 valence electrons. The molecule has 0 saturated heterocycles. The van der Waals surface area contributed by atoms with Crippen molar-refractivity contribution in [3.63, 3.8) is 0 Å². The van der Waals surface area contributed by atoms with Gasteiger partial charge in [-0.25, -0.2) is 4.79 Å². The minimum atomic E-state index is -0.724. The van der Waals surface area contributed by atoms with E-state index in [9.17, 15) is 14.7 Å². The summed E-state index contributed by atoms with van der Waals surface area (Å²) < 4.78 is 5.35. The van der Waals surface area contributed by atoms with Crippen LogP contribution in [0.15, 0.2) is 42.5 Å². The van der Waals surface area contributed by atoms with Crippen LogP contribution in [-0.4, -0.2) is 55.7 Å². The Labute approximate surface area is 180 Å². The Morgan fingerprint density at radius 2 is 2.03 bits per heavy atom. The second-order valence-corrected chi connectivity index (χ2v) is 7.79. The number of benzene rings is 2. The van der Waals surface area contributed by atoms with E-state index in [-0.39, 0.29) is 30.0 Å². The van der Waals surface area contributed by atoms with Crippen LogP contribution in [0.25, 0.3) is 0 Å². The average molecular weight is 433 g/mol. The lowest BCUT2D eigenvalue weighted by Gasteiger charge is -2.26. The quantitative estimate of drug-likeness (QED) is 0.538. The molecule has 4 N–H and O–H groups in total. The fourth-order valence-electron chi connectivity index (χ4n) is 3.25. The molecule has 0 radical (unpaired) electrons. The van der Waals surface area contributed by atoms with Gasteiger partial charge in [0.1, 0.15) is 5.75 Å². The molecule has 9 heteroatoms. The van der Waals surface area contributed by atoms with Gasteiger partial charge in [0.15, 0.2) is 6.61 Å². The lowest BCUT2D eigenvalue weighted by Crippen LogP contribution is -2.39. The number of halogens is 1. The number of urea groups is 1. The summed E-state index contributed by atoms with van der Waals surface area (Å²) in [6.07, 6.45) is -0.724. The number of nitrogens with one attached hydrogen (secondary N) is 3. The van der Waals surface area contributed by atoms with Crippen LogP contribution >= 0.6 is 11.6 Å². The van der Waals surface area contributed by atoms with Gasteiger partial charge >= 0.3 is 6.03 Å². The number of aliphatic hydroxyl groups is 1. The van der Waals surface area contributed by atoms with Gasteiger partial charge in [0.2, 0.25) is 0 Å². The summed E-state index contributed by atoms with van der Waals surface area (Å²) in [6.45, 7) is 0.753. The van der Waals surface area contributed by atoms with E-state index in [1.54, 1.807) is 6.07 Å². The molecular weight excluding hydrogens is 408 g/mol. The predicted molar refractivity (Wildman–Crippen MR) is 116 cm³/mol. The van der Waals surface area contributed by atoms with Gasteiger partial charge in [0.05, 0.1) is 22.5 Å². The third-order valence-electron chi connectivity index (χ3n) is 4.66. The molecule has 8 nitrogen and oxygen atoms in total. The number of nitrogens with zero attached hydrogens (tertiary/aromatic N) is 1. The minimum absolute atomic E-state index is 0.0934.